The fourth-order valence-corrected chi connectivity index (χ4v) is 6.77. The van der Waals surface area contributed by atoms with E-state index >= 15 is 0 Å². The Morgan fingerprint density at radius 1 is 0.566 bits per heavy atom. The number of furan rings is 1. The Morgan fingerprint density at radius 3 is 2.08 bits per heavy atom. The van der Waals surface area contributed by atoms with E-state index in [1.807, 2.05) is 62.6 Å². The summed E-state index contributed by atoms with van der Waals surface area (Å²) < 4.78 is 6.19. The number of nitrogens with zero attached hydrogens (tertiary/aromatic N) is 3. The molecular formula is C48H37IrN3O-2. The summed E-state index contributed by atoms with van der Waals surface area (Å²) >= 11 is 0. The van der Waals surface area contributed by atoms with Crippen LogP contribution in [0.2, 0.25) is 0 Å². The molecule has 0 saturated heterocycles. The molecule has 0 atom stereocenters. The smallest absolute Gasteiger partial charge is 0.216 e. The summed E-state index contributed by atoms with van der Waals surface area (Å²) in [6.07, 6.45) is 3.84. The molecule has 5 aromatic carbocycles. The zero-order valence-electron chi connectivity index (χ0n) is 30.3. The van der Waals surface area contributed by atoms with Gasteiger partial charge in [0.25, 0.3) is 0 Å². The summed E-state index contributed by atoms with van der Waals surface area (Å²) in [4.78, 5) is 13.8. The summed E-state index contributed by atoms with van der Waals surface area (Å²) in [6.45, 7) is 10.4. The monoisotopic (exact) mass is 864 g/mol. The number of pyridine rings is 3. The van der Waals surface area contributed by atoms with E-state index in [4.69, 9.17) is 9.40 Å². The van der Waals surface area contributed by atoms with Gasteiger partial charge in [-0.15, -0.1) is 47.5 Å². The van der Waals surface area contributed by atoms with Crippen molar-refractivity contribution in [1.29, 1.82) is 0 Å². The minimum absolute atomic E-state index is 0. The number of fused-ring (bicyclic) bond motifs is 4. The van der Waals surface area contributed by atoms with Gasteiger partial charge in [0.15, 0.2) is 0 Å². The van der Waals surface area contributed by atoms with Gasteiger partial charge in [-0.05, 0) is 101 Å². The van der Waals surface area contributed by atoms with Gasteiger partial charge in [0, 0.05) is 43.6 Å². The van der Waals surface area contributed by atoms with Crippen LogP contribution < -0.4 is 0 Å². The molecule has 0 aliphatic heterocycles. The second kappa shape index (κ2) is 15.1. The van der Waals surface area contributed by atoms with E-state index in [-0.39, 0.29) is 20.1 Å². The average molecular weight is 864 g/mol. The van der Waals surface area contributed by atoms with Crippen molar-refractivity contribution in [2.75, 3.05) is 0 Å². The van der Waals surface area contributed by atoms with E-state index in [9.17, 15) is 0 Å². The Balaban J connectivity index is 0.000000179. The van der Waals surface area contributed by atoms with Crippen molar-refractivity contribution >= 4 is 32.8 Å². The predicted octanol–water partition coefficient (Wildman–Crippen LogP) is 12.4. The van der Waals surface area contributed by atoms with Crippen molar-refractivity contribution < 1.29 is 24.5 Å². The van der Waals surface area contributed by atoms with Crippen molar-refractivity contribution in [3.63, 3.8) is 0 Å². The molecule has 0 aliphatic rings. The Kier molecular flexibility index (Phi) is 10.1. The molecule has 1 radical (unpaired) electrons. The second-order valence-corrected chi connectivity index (χ2v) is 13.4. The molecule has 4 aromatic heterocycles. The van der Waals surface area contributed by atoms with Crippen LogP contribution in [0.15, 0.2) is 138 Å². The van der Waals surface area contributed by atoms with Gasteiger partial charge in [-0.2, -0.15) is 0 Å². The van der Waals surface area contributed by atoms with Gasteiger partial charge >= 0.3 is 0 Å². The molecule has 0 unspecified atom stereocenters. The van der Waals surface area contributed by atoms with Gasteiger partial charge < -0.3 is 14.4 Å². The minimum Gasteiger partial charge on any atom is -0.486 e. The first-order valence-corrected chi connectivity index (χ1v) is 17.5. The van der Waals surface area contributed by atoms with E-state index in [1.54, 1.807) is 0 Å². The number of aromatic nitrogens is 3. The molecule has 261 valence electrons. The van der Waals surface area contributed by atoms with E-state index in [0.717, 1.165) is 50.1 Å². The van der Waals surface area contributed by atoms with Gasteiger partial charge in [0.1, 0.15) is 0 Å². The minimum atomic E-state index is 0. The van der Waals surface area contributed by atoms with Gasteiger partial charge in [0.2, 0.25) is 5.71 Å². The number of benzene rings is 5. The SMILES string of the molecule is Cc1ccc(-c2[c-]cc(C)c(-c3ccccc3)c2)nc1.Cc1ccc2c(n1)oc1c(-c3cc(-c4cc5ccccc5cc4C)c(C)cn3)[c-]ccc12.[Ir]. The molecule has 4 heterocycles. The molecule has 0 amide bonds. The Labute approximate surface area is 324 Å². The molecule has 0 spiro atoms. The van der Waals surface area contributed by atoms with Crippen LogP contribution in [-0.2, 0) is 20.1 Å². The summed E-state index contributed by atoms with van der Waals surface area (Å²) in [5, 5.41) is 4.53. The van der Waals surface area contributed by atoms with Gasteiger partial charge in [0.05, 0.1) is 5.58 Å². The van der Waals surface area contributed by atoms with Crippen molar-refractivity contribution in [2.45, 2.75) is 34.6 Å². The first-order chi connectivity index (χ1) is 25.3. The third kappa shape index (κ3) is 7.19. The second-order valence-electron chi connectivity index (χ2n) is 13.4. The molecule has 4 nitrogen and oxygen atoms in total. The molecule has 9 aromatic rings. The molecule has 9 rings (SSSR count). The Bertz CT molecular complexity index is 2730. The number of aryl methyl sites for hydroxylation is 5. The molecular weight excluding hydrogens is 827 g/mol. The normalized spacial score (nSPS) is 11.0. The molecule has 5 heteroatoms. The third-order valence-corrected chi connectivity index (χ3v) is 9.61. The van der Waals surface area contributed by atoms with E-state index in [0.29, 0.717) is 5.71 Å². The average Bonchev–Trinajstić information content (AvgIpc) is 3.54. The fraction of sp³-hybridized carbons (Fsp3) is 0.104. The molecule has 0 N–H and O–H groups in total. The third-order valence-electron chi connectivity index (χ3n) is 9.61. The first kappa shape index (κ1) is 35.7. The van der Waals surface area contributed by atoms with Crippen LogP contribution in [0.1, 0.15) is 27.9 Å². The van der Waals surface area contributed by atoms with Crippen LogP contribution in [0, 0.1) is 46.8 Å². The molecule has 0 fully saturated rings. The van der Waals surface area contributed by atoms with Crippen molar-refractivity contribution in [1.82, 2.24) is 15.0 Å². The zero-order chi connectivity index (χ0) is 35.8. The first-order valence-electron chi connectivity index (χ1n) is 17.5. The van der Waals surface area contributed by atoms with Crippen LogP contribution in [-0.4, -0.2) is 15.0 Å². The summed E-state index contributed by atoms with van der Waals surface area (Å²) in [5.74, 6) is 0. The number of hydrogen-bond donors (Lipinski definition) is 0. The van der Waals surface area contributed by atoms with Gasteiger partial charge in [-0.1, -0.05) is 102 Å². The van der Waals surface area contributed by atoms with Crippen LogP contribution in [0.25, 0.3) is 77.6 Å². The maximum atomic E-state index is 6.19. The van der Waals surface area contributed by atoms with Crippen LogP contribution in [0.4, 0.5) is 0 Å². The van der Waals surface area contributed by atoms with E-state index < -0.39 is 0 Å². The largest absolute Gasteiger partial charge is 0.486 e. The standard InChI is InChI=1S/C29H21N2O.C19H16N.Ir/c1-17-13-20-7-4-5-8-21(20)14-25(17)26-15-27(30-16-18(26)2)24-10-6-9-22-23-12-11-19(3)31-29(23)32-28(22)24;1-14-8-11-19(20-13-14)17-10-9-15(2)18(12-17)16-6-4-3-5-7-16;/h4-9,11-16H,1-3H3;3-9,11-13H,1-2H3;/q2*-1;. The molecule has 0 aliphatic carbocycles. The van der Waals surface area contributed by atoms with Gasteiger partial charge in [-0.3, -0.25) is 0 Å². The predicted molar refractivity (Wildman–Crippen MR) is 214 cm³/mol. The summed E-state index contributed by atoms with van der Waals surface area (Å²) in [5.41, 5.74) is 15.7. The van der Waals surface area contributed by atoms with Crippen LogP contribution >= 0.6 is 0 Å². The Hall–Kier alpha value is -5.74. The topological polar surface area (TPSA) is 51.8 Å². The van der Waals surface area contributed by atoms with Crippen molar-refractivity contribution in [2.24, 2.45) is 0 Å². The number of hydrogen-bond acceptors (Lipinski definition) is 4. The maximum Gasteiger partial charge on any atom is 0.216 e. The molecule has 53 heavy (non-hydrogen) atoms. The zero-order valence-corrected chi connectivity index (χ0v) is 32.7. The Morgan fingerprint density at radius 2 is 1.30 bits per heavy atom. The van der Waals surface area contributed by atoms with Crippen molar-refractivity contribution in [3.8, 4) is 44.8 Å². The number of rotatable bonds is 4. The fourth-order valence-electron chi connectivity index (χ4n) is 6.77. The molecule has 0 bridgehead atoms. The van der Waals surface area contributed by atoms with E-state index in [1.165, 1.54) is 49.7 Å². The quantitative estimate of drug-likeness (QED) is 0.165. The van der Waals surface area contributed by atoms with E-state index in [2.05, 4.69) is 128 Å². The summed E-state index contributed by atoms with van der Waals surface area (Å²) in [6, 6.07) is 48.7. The molecule has 0 saturated carbocycles. The van der Waals surface area contributed by atoms with Crippen LogP contribution in [0.5, 0.6) is 0 Å². The van der Waals surface area contributed by atoms with Crippen molar-refractivity contribution in [3.05, 3.63) is 174 Å². The van der Waals surface area contributed by atoms with Crippen LogP contribution in [0.3, 0.4) is 0 Å². The van der Waals surface area contributed by atoms with Gasteiger partial charge in [-0.25, -0.2) is 4.98 Å². The summed E-state index contributed by atoms with van der Waals surface area (Å²) in [7, 11) is 0. The maximum absolute atomic E-state index is 6.19.